The van der Waals surface area contributed by atoms with E-state index in [0.717, 1.165) is 96.3 Å². The lowest BCUT2D eigenvalue weighted by atomic mass is 10.0. The number of hydrogen-bond acceptors (Lipinski definition) is 15. The average Bonchev–Trinajstić information content (AvgIpc) is 3.45. The van der Waals surface area contributed by atoms with Crippen LogP contribution in [0.2, 0.25) is 0 Å². The molecule has 0 spiro atoms. The number of aliphatic hydroxyl groups excluding tert-OH is 1. The van der Waals surface area contributed by atoms with Gasteiger partial charge < -0.3 is 33.8 Å². The summed E-state index contributed by atoms with van der Waals surface area (Å²) < 4.78 is 67.9. The Kier molecular flexibility index (Phi) is 55.5. The van der Waals surface area contributed by atoms with Crippen LogP contribution in [-0.2, 0) is 65.4 Å². The third kappa shape index (κ3) is 57.2. The molecule has 17 nitrogen and oxygen atoms in total. The summed E-state index contributed by atoms with van der Waals surface area (Å²) in [5.74, 6) is -1.43. The van der Waals surface area contributed by atoms with Gasteiger partial charge in [-0.3, -0.25) is 37.3 Å². The maximum atomic E-state index is 13.0. The Morgan fingerprint density at radius 3 is 0.829 bits per heavy atom. The fourth-order valence-electron chi connectivity index (χ4n) is 9.41. The van der Waals surface area contributed by atoms with Crippen LogP contribution in [-0.4, -0.2) is 96.7 Å². The van der Waals surface area contributed by atoms with E-state index in [4.69, 9.17) is 37.0 Å². The number of esters is 4. The van der Waals surface area contributed by atoms with Crippen LogP contribution in [0.5, 0.6) is 0 Å². The molecule has 0 bridgehead atoms. The Hall–Kier alpha value is -1.94. The molecule has 0 radical (unpaired) electrons. The number of hydrogen-bond donors (Lipinski definition) is 3. The van der Waals surface area contributed by atoms with E-state index in [2.05, 4.69) is 34.6 Å². The summed E-state index contributed by atoms with van der Waals surface area (Å²) in [6.45, 7) is 7.11. The molecule has 0 aliphatic heterocycles. The van der Waals surface area contributed by atoms with Gasteiger partial charge in [0.25, 0.3) is 0 Å². The van der Waals surface area contributed by atoms with Crippen molar-refractivity contribution in [3.63, 3.8) is 0 Å². The molecular formula is C63H122O17P2. The van der Waals surface area contributed by atoms with Crippen LogP contribution in [0.3, 0.4) is 0 Å². The van der Waals surface area contributed by atoms with Gasteiger partial charge in [0.15, 0.2) is 12.2 Å². The van der Waals surface area contributed by atoms with Crippen molar-refractivity contribution in [3.8, 4) is 0 Å². The number of carbonyl (C=O) groups is 4. The first-order valence-corrected chi connectivity index (χ1v) is 36.1. The molecule has 0 rings (SSSR count). The molecule has 0 aromatic heterocycles. The van der Waals surface area contributed by atoms with Crippen molar-refractivity contribution in [1.29, 1.82) is 0 Å². The molecule has 0 aliphatic carbocycles. The Labute approximate surface area is 498 Å². The number of unbranched alkanes of at least 4 members (excludes halogenated alkanes) is 35. The predicted octanol–water partition coefficient (Wildman–Crippen LogP) is 17.4. The molecule has 19 heteroatoms. The molecule has 0 aromatic carbocycles. The minimum atomic E-state index is -4.94. The monoisotopic (exact) mass is 1210 g/mol. The van der Waals surface area contributed by atoms with Crippen LogP contribution in [0, 0.1) is 5.92 Å². The third-order valence-corrected chi connectivity index (χ3v) is 16.4. The van der Waals surface area contributed by atoms with Crippen LogP contribution in [0.1, 0.15) is 317 Å². The van der Waals surface area contributed by atoms with E-state index >= 15 is 0 Å². The first-order chi connectivity index (χ1) is 39.5. The van der Waals surface area contributed by atoms with Crippen molar-refractivity contribution in [2.45, 2.75) is 335 Å². The lowest BCUT2D eigenvalue weighted by Gasteiger charge is -2.21. The third-order valence-electron chi connectivity index (χ3n) is 14.5. The van der Waals surface area contributed by atoms with Crippen molar-refractivity contribution in [1.82, 2.24) is 0 Å². The predicted molar refractivity (Wildman–Crippen MR) is 326 cm³/mol. The van der Waals surface area contributed by atoms with Gasteiger partial charge in [-0.25, -0.2) is 9.13 Å². The highest BCUT2D eigenvalue weighted by Crippen LogP contribution is 2.45. The molecule has 3 N–H and O–H groups in total. The number of phosphoric acid groups is 2. The molecule has 0 aliphatic rings. The maximum absolute atomic E-state index is 13.0. The Bertz CT molecular complexity index is 1600. The zero-order valence-electron chi connectivity index (χ0n) is 52.6. The summed E-state index contributed by atoms with van der Waals surface area (Å²) in [5, 5.41) is 10.5. The zero-order chi connectivity index (χ0) is 60.6. The van der Waals surface area contributed by atoms with Crippen molar-refractivity contribution >= 4 is 39.5 Å². The average molecular weight is 1210 g/mol. The van der Waals surface area contributed by atoms with E-state index in [1.54, 1.807) is 0 Å². The van der Waals surface area contributed by atoms with Crippen molar-refractivity contribution in [2.24, 2.45) is 5.92 Å². The molecule has 5 atom stereocenters. The summed E-state index contributed by atoms with van der Waals surface area (Å²) in [6.07, 6.45) is 40.3. The Morgan fingerprint density at radius 2 is 0.561 bits per heavy atom. The maximum Gasteiger partial charge on any atom is 0.472 e. The number of rotatable bonds is 63. The first kappa shape index (κ1) is 80.1. The van der Waals surface area contributed by atoms with Gasteiger partial charge in [-0.05, 0) is 31.6 Å². The van der Waals surface area contributed by atoms with E-state index in [0.29, 0.717) is 31.6 Å². The lowest BCUT2D eigenvalue weighted by molar-refractivity contribution is -0.161. The zero-order valence-corrected chi connectivity index (χ0v) is 54.4. The van der Waals surface area contributed by atoms with Gasteiger partial charge in [0.1, 0.15) is 19.3 Å². The highest BCUT2D eigenvalue weighted by molar-refractivity contribution is 7.47. The minimum Gasteiger partial charge on any atom is -0.462 e. The van der Waals surface area contributed by atoms with Crippen LogP contribution in [0.15, 0.2) is 0 Å². The normalized spacial score (nSPS) is 14.3. The highest BCUT2D eigenvalue weighted by atomic mass is 31.2. The number of ether oxygens (including phenoxy) is 4. The molecule has 0 fully saturated rings. The van der Waals surface area contributed by atoms with Gasteiger partial charge in [-0.2, -0.15) is 0 Å². The molecule has 2 unspecified atom stereocenters. The number of aliphatic hydroxyl groups is 1. The molecule has 0 amide bonds. The van der Waals surface area contributed by atoms with Crippen LogP contribution >= 0.6 is 15.6 Å². The van der Waals surface area contributed by atoms with Gasteiger partial charge in [0, 0.05) is 25.7 Å². The minimum absolute atomic E-state index is 0.106. The summed E-state index contributed by atoms with van der Waals surface area (Å²) in [7, 11) is -9.88. The molecule has 0 aromatic rings. The number of phosphoric ester groups is 2. The Balaban J connectivity index is 5.23. The standard InChI is InChI=1S/C63H122O17P2/c1-6-9-12-15-18-21-23-24-25-28-33-39-44-49-63(68)80-59(53-74-61(66)47-42-37-34-29-30-35-40-45-56(4)5)55-78-82(71,72)76-51-57(64)50-75-81(69,70)77-54-58(52-73-60(65)46-41-36-31-26-20-17-14-11-8-3)79-62(67)48-43-38-32-27-22-19-16-13-10-7-2/h56-59,64H,6-55H2,1-5H3,(H,69,70)(H,71,72)/t57-,58+,59+/m0/s1. The van der Waals surface area contributed by atoms with Gasteiger partial charge in [0.05, 0.1) is 26.4 Å². The van der Waals surface area contributed by atoms with E-state index in [1.807, 2.05) is 0 Å². The molecule has 82 heavy (non-hydrogen) atoms. The SMILES string of the molecule is CCCCCCCCCCCCCCCC(=O)O[C@H](COC(=O)CCCCCCCCCC(C)C)COP(=O)(O)OC[C@@H](O)COP(=O)(O)OC[C@@H](COC(=O)CCCCCCCCCCC)OC(=O)CCCCCCCCCCCC. The highest BCUT2D eigenvalue weighted by Gasteiger charge is 2.30. The van der Waals surface area contributed by atoms with Gasteiger partial charge in [-0.15, -0.1) is 0 Å². The second-order valence-electron chi connectivity index (χ2n) is 23.3. The second kappa shape index (κ2) is 56.8. The van der Waals surface area contributed by atoms with Gasteiger partial charge in [-0.1, -0.05) is 266 Å². The molecule has 0 saturated carbocycles. The molecule has 0 saturated heterocycles. The van der Waals surface area contributed by atoms with Crippen LogP contribution in [0.4, 0.5) is 0 Å². The molecule has 486 valence electrons. The topological polar surface area (TPSA) is 237 Å². The van der Waals surface area contributed by atoms with Gasteiger partial charge >= 0.3 is 39.5 Å². The van der Waals surface area contributed by atoms with E-state index in [1.165, 1.54) is 135 Å². The van der Waals surface area contributed by atoms with E-state index in [-0.39, 0.29) is 25.7 Å². The van der Waals surface area contributed by atoms with Crippen molar-refractivity contribution < 1.29 is 80.2 Å². The van der Waals surface area contributed by atoms with E-state index < -0.39 is 97.5 Å². The van der Waals surface area contributed by atoms with E-state index in [9.17, 15) is 43.2 Å². The summed E-state index contributed by atoms with van der Waals surface area (Å²) >= 11 is 0. The van der Waals surface area contributed by atoms with Gasteiger partial charge in [0.2, 0.25) is 0 Å². The quantitative estimate of drug-likeness (QED) is 0.0222. The lowest BCUT2D eigenvalue weighted by Crippen LogP contribution is -2.30. The fourth-order valence-corrected chi connectivity index (χ4v) is 11.0. The first-order valence-electron chi connectivity index (χ1n) is 33.1. The fraction of sp³-hybridized carbons (Fsp3) is 0.937. The molecular weight excluding hydrogens is 1090 g/mol. The molecule has 0 heterocycles. The summed E-state index contributed by atoms with van der Waals surface area (Å²) in [5.41, 5.74) is 0. The smallest absolute Gasteiger partial charge is 0.462 e. The Morgan fingerprint density at radius 1 is 0.329 bits per heavy atom. The second-order valence-corrected chi connectivity index (χ2v) is 26.2. The van der Waals surface area contributed by atoms with Crippen molar-refractivity contribution in [2.75, 3.05) is 39.6 Å². The summed E-state index contributed by atoms with van der Waals surface area (Å²) in [4.78, 5) is 72.1. The van der Waals surface area contributed by atoms with Crippen LogP contribution in [0.25, 0.3) is 0 Å². The van der Waals surface area contributed by atoms with Crippen LogP contribution < -0.4 is 0 Å². The number of carbonyl (C=O) groups excluding carboxylic acids is 4. The van der Waals surface area contributed by atoms with Crippen molar-refractivity contribution in [3.05, 3.63) is 0 Å². The summed E-state index contributed by atoms with van der Waals surface area (Å²) in [6, 6.07) is 0. The largest absolute Gasteiger partial charge is 0.472 e.